The van der Waals surface area contributed by atoms with Gasteiger partial charge in [0.05, 0.1) is 24.5 Å². The number of piperidine rings is 1. The highest BCUT2D eigenvalue weighted by molar-refractivity contribution is 7.20. The molecule has 0 amide bonds. The second-order valence-corrected chi connectivity index (χ2v) is 9.66. The number of carbonyl (C=O) groups is 2. The third-order valence-electron chi connectivity index (χ3n) is 6.06. The number of esters is 2. The summed E-state index contributed by atoms with van der Waals surface area (Å²) < 4.78 is 50.6. The number of thiophene rings is 1. The molecule has 1 saturated heterocycles. The Hall–Kier alpha value is -2.51. The van der Waals surface area contributed by atoms with Gasteiger partial charge in [-0.1, -0.05) is 0 Å². The summed E-state index contributed by atoms with van der Waals surface area (Å²) in [6, 6.07) is 0. The molecule has 9 nitrogen and oxygen atoms in total. The van der Waals surface area contributed by atoms with E-state index in [0.29, 0.717) is 11.3 Å². The molecule has 2 aromatic heterocycles. The predicted octanol–water partition coefficient (Wildman–Crippen LogP) is 2.59. The number of nitrogens with zero attached hydrogens (tertiary/aromatic N) is 2. The lowest BCUT2D eigenvalue weighted by atomic mass is 9.95. The van der Waals surface area contributed by atoms with Crippen molar-refractivity contribution in [3.8, 4) is 0 Å². The number of rotatable bonds is 8. The molecule has 1 unspecified atom stereocenters. The molecule has 3 rings (SSSR count). The first-order chi connectivity index (χ1) is 16.4. The van der Waals surface area contributed by atoms with Crippen molar-refractivity contribution in [2.24, 2.45) is 5.92 Å². The molecule has 0 aromatic carbocycles. The minimum absolute atomic E-state index is 0.0576. The number of aromatic nitrogens is 2. The molecule has 0 bridgehead atoms. The van der Waals surface area contributed by atoms with Gasteiger partial charge in [-0.2, -0.15) is 13.2 Å². The second kappa shape index (κ2) is 11.0. The first-order valence-corrected chi connectivity index (χ1v) is 12.1. The molecular weight excluding hydrogens is 491 g/mol. The van der Waals surface area contributed by atoms with Crippen LogP contribution in [0.3, 0.4) is 0 Å². The van der Waals surface area contributed by atoms with Crippen molar-refractivity contribution in [2.45, 2.75) is 64.9 Å². The Morgan fingerprint density at radius 2 is 1.86 bits per heavy atom. The number of hydrogen-bond acceptors (Lipinski definition) is 8. The SMILES string of the molecule is COC(C)Cn1c(=O)c2c(C)c(C(=O)OC(=O)CC3CCNCC3)sc2n(CCC(F)(F)F)c1=O. The maximum Gasteiger partial charge on any atom is 0.390 e. The van der Waals surface area contributed by atoms with Gasteiger partial charge in [0.15, 0.2) is 0 Å². The van der Waals surface area contributed by atoms with Crippen LogP contribution >= 0.6 is 11.3 Å². The monoisotopic (exact) mass is 519 g/mol. The normalized spacial score (nSPS) is 15.9. The Morgan fingerprint density at radius 1 is 1.20 bits per heavy atom. The summed E-state index contributed by atoms with van der Waals surface area (Å²) in [6.45, 7) is 3.67. The lowest BCUT2D eigenvalue weighted by molar-refractivity contribution is -0.139. The molecule has 0 radical (unpaired) electrons. The van der Waals surface area contributed by atoms with Crippen molar-refractivity contribution < 1.29 is 32.2 Å². The number of fused-ring (bicyclic) bond motifs is 1. The predicted molar refractivity (Wildman–Crippen MR) is 123 cm³/mol. The second-order valence-electron chi connectivity index (χ2n) is 8.66. The number of alkyl halides is 3. The number of aryl methyl sites for hydroxylation is 2. The number of halogens is 3. The first-order valence-electron chi connectivity index (χ1n) is 11.2. The average Bonchev–Trinajstić information content (AvgIpc) is 3.13. The van der Waals surface area contributed by atoms with Crippen LogP contribution in [0, 0.1) is 12.8 Å². The Kier molecular flexibility index (Phi) is 8.54. The molecule has 1 N–H and O–H groups in total. The average molecular weight is 520 g/mol. The van der Waals surface area contributed by atoms with E-state index in [-0.39, 0.29) is 39.5 Å². The van der Waals surface area contributed by atoms with E-state index in [9.17, 15) is 32.3 Å². The summed E-state index contributed by atoms with van der Waals surface area (Å²) in [5, 5.41) is 3.12. The number of hydrogen-bond donors (Lipinski definition) is 1. The minimum atomic E-state index is -4.54. The van der Waals surface area contributed by atoms with Gasteiger partial charge in [0, 0.05) is 20.1 Å². The largest absolute Gasteiger partial charge is 0.390 e. The number of carbonyl (C=O) groups excluding carboxylic acids is 2. The minimum Gasteiger partial charge on any atom is -0.389 e. The van der Waals surface area contributed by atoms with Crippen molar-refractivity contribution in [2.75, 3.05) is 20.2 Å². The maximum atomic E-state index is 13.1. The standard InChI is InChI=1S/C22H28F3N3O6S/c1-12(33-3)11-28-18(30)16-13(2)17(20(31)34-15(29)10-14-4-7-26-8-5-14)35-19(16)27(21(28)32)9-6-22(23,24)25/h12,14,26H,4-11H2,1-3H3. The molecular formula is C22H28F3N3O6S. The molecule has 2 aromatic rings. The molecule has 1 aliphatic heterocycles. The summed E-state index contributed by atoms with van der Waals surface area (Å²) in [5.41, 5.74) is -1.53. The third kappa shape index (κ3) is 6.39. The van der Waals surface area contributed by atoms with Gasteiger partial charge >= 0.3 is 23.8 Å². The highest BCUT2D eigenvalue weighted by atomic mass is 32.1. The molecule has 0 saturated carbocycles. The fraction of sp³-hybridized carbons (Fsp3) is 0.636. The smallest absolute Gasteiger partial charge is 0.389 e. The highest BCUT2D eigenvalue weighted by Crippen LogP contribution is 2.30. The molecule has 0 spiro atoms. The van der Waals surface area contributed by atoms with Crippen LogP contribution in [-0.4, -0.2) is 53.6 Å². The number of nitrogens with one attached hydrogen (secondary N) is 1. The summed E-state index contributed by atoms with van der Waals surface area (Å²) >= 11 is 0.673. The molecule has 0 aliphatic carbocycles. The van der Waals surface area contributed by atoms with E-state index in [1.54, 1.807) is 6.92 Å². The van der Waals surface area contributed by atoms with Crippen molar-refractivity contribution in [1.82, 2.24) is 14.5 Å². The van der Waals surface area contributed by atoms with E-state index in [2.05, 4.69) is 5.32 Å². The van der Waals surface area contributed by atoms with Gasteiger partial charge in [-0.15, -0.1) is 11.3 Å². The van der Waals surface area contributed by atoms with Crippen LogP contribution < -0.4 is 16.6 Å². The van der Waals surface area contributed by atoms with Crippen LogP contribution in [-0.2, 0) is 27.4 Å². The van der Waals surface area contributed by atoms with Crippen LogP contribution in [0.5, 0.6) is 0 Å². The Morgan fingerprint density at radius 3 is 2.46 bits per heavy atom. The van der Waals surface area contributed by atoms with Crippen LogP contribution in [0.15, 0.2) is 9.59 Å². The van der Waals surface area contributed by atoms with Gasteiger partial charge in [0.2, 0.25) is 0 Å². The van der Waals surface area contributed by atoms with Gasteiger partial charge in [-0.25, -0.2) is 9.59 Å². The molecule has 194 valence electrons. The fourth-order valence-electron chi connectivity index (χ4n) is 4.03. The molecule has 3 heterocycles. The summed E-state index contributed by atoms with van der Waals surface area (Å²) in [4.78, 5) is 51.1. The van der Waals surface area contributed by atoms with Crippen molar-refractivity contribution in [3.05, 3.63) is 31.3 Å². The van der Waals surface area contributed by atoms with Gasteiger partial charge in [0.25, 0.3) is 5.56 Å². The molecule has 13 heteroatoms. The van der Waals surface area contributed by atoms with Crippen molar-refractivity contribution in [3.63, 3.8) is 0 Å². The highest BCUT2D eigenvalue weighted by Gasteiger charge is 2.30. The first kappa shape index (κ1) is 27.1. The Balaban J connectivity index is 2.01. The molecule has 1 atom stereocenters. The Bertz CT molecular complexity index is 1210. The lowest BCUT2D eigenvalue weighted by Gasteiger charge is -2.21. The van der Waals surface area contributed by atoms with Gasteiger partial charge in [-0.3, -0.25) is 18.7 Å². The van der Waals surface area contributed by atoms with E-state index in [1.807, 2.05) is 0 Å². The van der Waals surface area contributed by atoms with Crippen LogP contribution in [0.25, 0.3) is 10.2 Å². The zero-order chi connectivity index (χ0) is 25.9. The van der Waals surface area contributed by atoms with Crippen molar-refractivity contribution >= 4 is 33.5 Å². The van der Waals surface area contributed by atoms with Crippen molar-refractivity contribution in [1.29, 1.82) is 0 Å². The molecule has 35 heavy (non-hydrogen) atoms. The molecule has 1 aliphatic rings. The number of ether oxygens (including phenoxy) is 2. The van der Waals surface area contributed by atoms with Crippen LogP contribution in [0.1, 0.15) is 47.8 Å². The van der Waals surface area contributed by atoms with E-state index in [1.165, 1.54) is 14.0 Å². The maximum absolute atomic E-state index is 13.1. The van der Waals surface area contributed by atoms with Gasteiger partial charge in [-0.05, 0) is 51.3 Å². The molecule has 1 fully saturated rings. The zero-order valence-electron chi connectivity index (χ0n) is 19.7. The lowest BCUT2D eigenvalue weighted by Crippen LogP contribution is -2.42. The topological polar surface area (TPSA) is 109 Å². The van der Waals surface area contributed by atoms with E-state index in [4.69, 9.17) is 9.47 Å². The quantitative estimate of drug-likeness (QED) is 0.422. The fourth-order valence-corrected chi connectivity index (χ4v) is 5.23. The zero-order valence-corrected chi connectivity index (χ0v) is 20.5. The van der Waals surface area contributed by atoms with E-state index >= 15 is 0 Å². The van der Waals surface area contributed by atoms with Crippen LogP contribution in [0.4, 0.5) is 13.2 Å². The summed E-state index contributed by atoms with van der Waals surface area (Å²) in [5.74, 6) is -1.62. The number of methoxy groups -OCH3 is 1. The van der Waals surface area contributed by atoms with E-state index in [0.717, 1.165) is 35.1 Å². The van der Waals surface area contributed by atoms with E-state index < -0.39 is 48.4 Å². The van der Waals surface area contributed by atoms with Gasteiger partial charge in [0.1, 0.15) is 9.71 Å². The summed E-state index contributed by atoms with van der Waals surface area (Å²) in [6.07, 6.45) is -4.79. The third-order valence-corrected chi connectivity index (χ3v) is 7.36. The summed E-state index contributed by atoms with van der Waals surface area (Å²) in [7, 11) is 1.38. The Labute approximate surface area is 202 Å². The van der Waals surface area contributed by atoms with Gasteiger partial charge < -0.3 is 14.8 Å². The van der Waals surface area contributed by atoms with Crippen LogP contribution in [0.2, 0.25) is 0 Å².